The number of aromatic amines is 1. The van der Waals surface area contributed by atoms with Crippen LogP contribution in [0.5, 0.6) is 0 Å². The first-order chi connectivity index (χ1) is 13.9. The van der Waals surface area contributed by atoms with E-state index in [1.54, 1.807) is 18.2 Å². The molecule has 4 aromatic rings. The molecule has 1 amide bonds. The molecule has 0 unspecified atom stereocenters. The average molecular weight is 394 g/mol. The summed E-state index contributed by atoms with van der Waals surface area (Å²) in [4.78, 5) is 29.6. The molecule has 3 aromatic carbocycles. The molecule has 0 bridgehead atoms. The summed E-state index contributed by atoms with van der Waals surface area (Å²) in [7, 11) is 0. The SMILES string of the molecule is O=C(Nc1ccc2nc(-c3cc(F)ccc3F)[nH]c2c1)c1ccc([N+](=O)[O-])cc1. The Bertz CT molecular complexity index is 1250. The molecule has 0 atom stereocenters. The highest BCUT2D eigenvalue weighted by molar-refractivity contribution is 6.05. The molecule has 0 aliphatic rings. The fourth-order valence-corrected chi connectivity index (χ4v) is 2.83. The van der Waals surface area contributed by atoms with Crippen LogP contribution in [-0.2, 0) is 0 Å². The minimum Gasteiger partial charge on any atom is -0.338 e. The van der Waals surface area contributed by atoms with Gasteiger partial charge in [-0.2, -0.15) is 0 Å². The Morgan fingerprint density at radius 1 is 1.03 bits per heavy atom. The molecular formula is C20H12F2N4O3. The van der Waals surface area contributed by atoms with Gasteiger partial charge in [-0.25, -0.2) is 13.8 Å². The summed E-state index contributed by atoms with van der Waals surface area (Å²) >= 11 is 0. The first-order valence-corrected chi connectivity index (χ1v) is 8.42. The van der Waals surface area contributed by atoms with Crippen LogP contribution in [0.15, 0.2) is 60.7 Å². The lowest BCUT2D eigenvalue weighted by Gasteiger charge is -2.05. The second-order valence-corrected chi connectivity index (χ2v) is 6.20. The maximum Gasteiger partial charge on any atom is 0.269 e. The summed E-state index contributed by atoms with van der Waals surface area (Å²) in [5.41, 5.74) is 1.61. The fourth-order valence-electron chi connectivity index (χ4n) is 2.83. The minimum atomic E-state index is -0.614. The molecule has 0 saturated heterocycles. The zero-order valence-electron chi connectivity index (χ0n) is 14.6. The number of nitrogens with zero attached hydrogens (tertiary/aromatic N) is 2. The lowest BCUT2D eigenvalue weighted by Crippen LogP contribution is -2.11. The van der Waals surface area contributed by atoms with Gasteiger partial charge in [-0.1, -0.05) is 0 Å². The number of H-pyrrole nitrogens is 1. The summed E-state index contributed by atoms with van der Waals surface area (Å²) in [5, 5.41) is 13.4. The highest BCUT2D eigenvalue weighted by Gasteiger charge is 2.13. The smallest absolute Gasteiger partial charge is 0.269 e. The first-order valence-electron chi connectivity index (χ1n) is 8.42. The van der Waals surface area contributed by atoms with Gasteiger partial charge in [-0.15, -0.1) is 0 Å². The van der Waals surface area contributed by atoms with Crippen LogP contribution in [0.3, 0.4) is 0 Å². The molecule has 0 aliphatic heterocycles. The van der Waals surface area contributed by atoms with E-state index in [9.17, 15) is 23.7 Å². The standard InChI is InChI=1S/C20H12F2N4O3/c21-12-3-7-16(22)15(9-12)19-24-17-8-4-13(10-18(17)25-19)23-20(27)11-1-5-14(6-2-11)26(28)29/h1-10H,(H,23,27)(H,24,25). The number of imidazole rings is 1. The van der Waals surface area contributed by atoms with Crippen molar-refractivity contribution in [1.82, 2.24) is 9.97 Å². The van der Waals surface area contributed by atoms with Gasteiger partial charge in [-0.05, 0) is 48.5 Å². The Morgan fingerprint density at radius 3 is 2.52 bits per heavy atom. The third-order valence-corrected chi connectivity index (χ3v) is 4.26. The maximum atomic E-state index is 14.0. The zero-order chi connectivity index (χ0) is 20.5. The number of carbonyl (C=O) groups excluding carboxylic acids is 1. The van der Waals surface area contributed by atoms with Crippen molar-refractivity contribution in [1.29, 1.82) is 0 Å². The van der Waals surface area contributed by atoms with Crippen LogP contribution in [-0.4, -0.2) is 20.8 Å². The van der Waals surface area contributed by atoms with Gasteiger partial charge in [-0.3, -0.25) is 14.9 Å². The van der Waals surface area contributed by atoms with E-state index >= 15 is 0 Å². The van der Waals surface area contributed by atoms with Gasteiger partial charge in [0, 0.05) is 23.4 Å². The molecule has 144 valence electrons. The molecule has 7 nitrogen and oxygen atoms in total. The Balaban J connectivity index is 1.59. The number of fused-ring (bicyclic) bond motifs is 1. The van der Waals surface area contributed by atoms with Crippen molar-refractivity contribution in [2.24, 2.45) is 0 Å². The van der Waals surface area contributed by atoms with Gasteiger partial charge in [0.25, 0.3) is 11.6 Å². The number of nitro benzene ring substituents is 1. The number of nitro groups is 1. The van der Waals surface area contributed by atoms with E-state index in [-0.39, 0.29) is 22.6 Å². The number of amides is 1. The van der Waals surface area contributed by atoms with Gasteiger partial charge >= 0.3 is 0 Å². The maximum absolute atomic E-state index is 14.0. The Labute approximate surface area is 162 Å². The second-order valence-electron chi connectivity index (χ2n) is 6.20. The summed E-state index contributed by atoms with van der Waals surface area (Å²) in [6.07, 6.45) is 0. The minimum absolute atomic E-state index is 0.00216. The van der Waals surface area contributed by atoms with Crippen molar-refractivity contribution >= 4 is 28.3 Å². The Kier molecular flexibility index (Phi) is 4.47. The van der Waals surface area contributed by atoms with Gasteiger partial charge in [0.1, 0.15) is 17.5 Å². The van der Waals surface area contributed by atoms with E-state index in [1.165, 1.54) is 24.3 Å². The Morgan fingerprint density at radius 2 is 1.79 bits per heavy atom. The summed E-state index contributed by atoms with van der Waals surface area (Å²) < 4.78 is 27.4. The van der Waals surface area contributed by atoms with Crippen LogP contribution < -0.4 is 5.32 Å². The summed E-state index contributed by atoms with van der Waals surface area (Å²) in [5.74, 6) is -1.49. The molecule has 29 heavy (non-hydrogen) atoms. The third-order valence-electron chi connectivity index (χ3n) is 4.26. The largest absolute Gasteiger partial charge is 0.338 e. The number of non-ortho nitro benzene ring substituents is 1. The number of aromatic nitrogens is 2. The monoisotopic (exact) mass is 394 g/mol. The molecule has 0 saturated carbocycles. The van der Waals surface area contributed by atoms with Crippen molar-refractivity contribution < 1.29 is 18.5 Å². The number of hydrogen-bond donors (Lipinski definition) is 2. The predicted octanol–water partition coefficient (Wildman–Crippen LogP) is 4.67. The lowest BCUT2D eigenvalue weighted by molar-refractivity contribution is -0.384. The van der Waals surface area contributed by atoms with Crippen molar-refractivity contribution in [3.05, 3.63) is 88.0 Å². The molecule has 1 aromatic heterocycles. The summed E-state index contributed by atoms with van der Waals surface area (Å²) in [6.45, 7) is 0. The van der Waals surface area contributed by atoms with E-state index in [2.05, 4.69) is 15.3 Å². The number of benzene rings is 3. The topological polar surface area (TPSA) is 101 Å². The van der Waals surface area contributed by atoms with Gasteiger partial charge in [0.05, 0.1) is 21.5 Å². The van der Waals surface area contributed by atoms with E-state index in [0.717, 1.165) is 18.2 Å². The molecule has 1 heterocycles. The molecule has 2 N–H and O–H groups in total. The van der Waals surface area contributed by atoms with Crippen molar-refractivity contribution in [3.63, 3.8) is 0 Å². The zero-order valence-corrected chi connectivity index (χ0v) is 14.6. The second kappa shape index (κ2) is 7.12. The van der Waals surface area contributed by atoms with Gasteiger partial charge in [0.2, 0.25) is 0 Å². The van der Waals surface area contributed by atoms with E-state index < -0.39 is 22.5 Å². The fraction of sp³-hybridized carbons (Fsp3) is 0. The lowest BCUT2D eigenvalue weighted by atomic mass is 10.2. The van der Waals surface area contributed by atoms with Crippen LogP contribution in [0.25, 0.3) is 22.4 Å². The molecule has 0 spiro atoms. The number of carbonyl (C=O) groups is 1. The van der Waals surface area contributed by atoms with Crippen molar-refractivity contribution in [2.45, 2.75) is 0 Å². The predicted molar refractivity (Wildman–Crippen MR) is 102 cm³/mol. The first kappa shape index (κ1) is 18.2. The molecule has 4 rings (SSSR count). The van der Waals surface area contributed by atoms with E-state index in [4.69, 9.17) is 0 Å². The normalized spacial score (nSPS) is 10.8. The van der Waals surface area contributed by atoms with Crippen molar-refractivity contribution in [2.75, 3.05) is 5.32 Å². The van der Waals surface area contributed by atoms with Crippen LogP contribution in [0.2, 0.25) is 0 Å². The quantitative estimate of drug-likeness (QED) is 0.388. The third kappa shape index (κ3) is 3.65. The average Bonchev–Trinajstić information content (AvgIpc) is 3.13. The number of hydrogen-bond acceptors (Lipinski definition) is 4. The van der Waals surface area contributed by atoms with E-state index in [1.807, 2.05) is 0 Å². The van der Waals surface area contributed by atoms with Crippen LogP contribution in [0, 0.1) is 21.7 Å². The number of anilines is 1. The Hall–Kier alpha value is -4.14. The number of rotatable bonds is 4. The van der Waals surface area contributed by atoms with Gasteiger partial charge in [0.15, 0.2) is 0 Å². The highest BCUT2D eigenvalue weighted by atomic mass is 19.1. The molecule has 0 fully saturated rings. The van der Waals surface area contributed by atoms with Crippen LogP contribution in [0.1, 0.15) is 10.4 Å². The van der Waals surface area contributed by atoms with Crippen LogP contribution >= 0.6 is 0 Å². The molecule has 0 radical (unpaired) electrons. The highest BCUT2D eigenvalue weighted by Crippen LogP contribution is 2.26. The van der Waals surface area contributed by atoms with Crippen molar-refractivity contribution in [3.8, 4) is 11.4 Å². The molecule has 0 aliphatic carbocycles. The summed E-state index contributed by atoms with van der Waals surface area (Å²) in [6, 6.07) is 13.1. The number of halogens is 2. The van der Waals surface area contributed by atoms with E-state index in [0.29, 0.717) is 16.7 Å². The van der Waals surface area contributed by atoms with Gasteiger partial charge < -0.3 is 10.3 Å². The number of nitrogens with one attached hydrogen (secondary N) is 2. The molecule has 9 heteroatoms. The van der Waals surface area contributed by atoms with Crippen LogP contribution in [0.4, 0.5) is 20.2 Å². The molecular weight excluding hydrogens is 382 g/mol.